The van der Waals surface area contributed by atoms with E-state index in [0.29, 0.717) is 11.1 Å². The minimum Gasteiger partial charge on any atom is -0.337 e. The standard InChI is InChI=1S/C22H26N2O2/c1-23(21(25)17-11-5-3-6-12-17)19-15-9-10-16-20(19)24(2)22(26)18-13-7-4-8-14-18/h3-8,11-14,19-20H,9-10,15-16H2,1-2H3/t19-,20-/m1/s1. The van der Waals surface area contributed by atoms with Crippen molar-refractivity contribution in [1.29, 1.82) is 0 Å². The molecule has 4 nitrogen and oxygen atoms in total. The molecule has 3 rings (SSSR count). The number of hydrogen-bond donors (Lipinski definition) is 0. The first-order valence-electron chi connectivity index (χ1n) is 9.24. The SMILES string of the molecule is CN(C(=O)c1ccccc1)[C@@H]1CCCC[C@H]1N(C)C(=O)c1ccccc1. The Labute approximate surface area is 155 Å². The van der Waals surface area contributed by atoms with Gasteiger partial charge in [0.15, 0.2) is 0 Å². The summed E-state index contributed by atoms with van der Waals surface area (Å²) in [7, 11) is 3.72. The lowest BCUT2D eigenvalue weighted by Crippen LogP contribution is -2.54. The average molecular weight is 350 g/mol. The molecule has 0 spiro atoms. The van der Waals surface area contributed by atoms with Crippen molar-refractivity contribution in [3.63, 3.8) is 0 Å². The summed E-state index contributed by atoms with van der Waals surface area (Å²) in [5.74, 6) is 0.0334. The Morgan fingerprint density at radius 2 is 1.04 bits per heavy atom. The Hall–Kier alpha value is -2.62. The van der Waals surface area contributed by atoms with E-state index in [4.69, 9.17) is 0 Å². The number of rotatable bonds is 4. The van der Waals surface area contributed by atoms with Gasteiger partial charge in [-0.2, -0.15) is 0 Å². The van der Waals surface area contributed by atoms with Crippen molar-refractivity contribution >= 4 is 11.8 Å². The number of hydrogen-bond acceptors (Lipinski definition) is 2. The van der Waals surface area contributed by atoms with E-state index in [1.807, 2.05) is 84.6 Å². The van der Waals surface area contributed by atoms with Crippen molar-refractivity contribution < 1.29 is 9.59 Å². The van der Waals surface area contributed by atoms with Crippen LogP contribution in [0.15, 0.2) is 60.7 Å². The third kappa shape index (κ3) is 3.79. The predicted octanol–water partition coefficient (Wildman–Crippen LogP) is 3.84. The lowest BCUT2D eigenvalue weighted by Gasteiger charge is -2.42. The van der Waals surface area contributed by atoms with Gasteiger partial charge in [0.1, 0.15) is 0 Å². The van der Waals surface area contributed by atoms with Gasteiger partial charge in [0.05, 0.1) is 12.1 Å². The number of carbonyl (C=O) groups is 2. The van der Waals surface area contributed by atoms with E-state index < -0.39 is 0 Å². The zero-order valence-electron chi connectivity index (χ0n) is 15.5. The van der Waals surface area contributed by atoms with E-state index >= 15 is 0 Å². The molecule has 0 unspecified atom stereocenters. The highest BCUT2D eigenvalue weighted by Crippen LogP contribution is 2.28. The number of nitrogens with zero attached hydrogens (tertiary/aromatic N) is 2. The van der Waals surface area contributed by atoms with Crippen LogP contribution < -0.4 is 0 Å². The van der Waals surface area contributed by atoms with Crippen LogP contribution in [-0.2, 0) is 0 Å². The van der Waals surface area contributed by atoms with Crippen molar-refractivity contribution in [2.75, 3.05) is 14.1 Å². The maximum Gasteiger partial charge on any atom is 0.253 e. The normalized spacial score (nSPS) is 19.6. The Morgan fingerprint density at radius 1 is 0.692 bits per heavy atom. The second-order valence-corrected chi connectivity index (χ2v) is 6.98. The van der Waals surface area contributed by atoms with Gasteiger partial charge in [-0.05, 0) is 37.1 Å². The molecule has 4 heteroatoms. The Morgan fingerprint density at radius 3 is 1.38 bits per heavy atom. The first-order valence-corrected chi connectivity index (χ1v) is 9.24. The quantitative estimate of drug-likeness (QED) is 0.840. The maximum absolute atomic E-state index is 12.9. The Kier molecular flexibility index (Phi) is 5.71. The summed E-state index contributed by atoms with van der Waals surface area (Å²) >= 11 is 0. The molecule has 1 fully saturated rings. The monoisotopic (exact) mass is 350 g/mol. The van der Waals surface area contributed by atoms with Gasteiger partial charge in [0.2, 0.25) is 0 Å². The molecule has 0 radical (unpaired) electrons. The predicted molar refractivity (Wildman–Crippen MR) is 103 cm³/mol. The van der Waals surface area contributed by atoms with Crippen molar-refractivity contribution in [3.8, 4) is 0 Å². The van der Waals surface area contributed by atoms with E-state index in [0.717, 1.165) is 25.7 Å². The molecule has 1 aliphatic rings. The van der Waals surface area contributed by atoms with Gasteiger partial charge in [0, 0.05) is 25.2 Å². The molecular formula is C22H26N2O2. The molecule has 1 aliphatic carbocycles. The number of benzene rings is 2. The van der Waals surface area contributed by atoms with Gasteiger partial charge in [0.25, 0.3) is 11.8 Å². The third-order valence-electron chi connectivity index (χ3n) is 5.37. The summed E-state index contributed by atoms with van der Waals surface area (Å²) in [4.78, 5) is 29.4. The van der Waals surface area contributed by atoms with Crippen LogP contribution in [0, 0.1) is 0 Å². The summed E-state index contributed by atoms with van der Waals surface area (Å²) in [6, 6.07) is 18.8. The van der Waals surface area contributed by atoms with Crippen LogP contribution in [0.2, 0.25) is 0 Å². The van der Waals surface area contributed by atoms with Gasteiger partial charge >= 0.3 is 0 Å². The van der Waals surface area contributed by atoms with E-state index in [2.05, 4.69) is 0 Å². The van der Waals surface area contributed by atoms with Gasteiger partial charge in [-0.25, -0.2) is 0 Å². The molecule has 2 aromatic rings. The maximum atomic E-state index is 12.9. The fourth-order valence-corrected chi connectivity index (χ4v) is 3.87. The highest BCUT2D eigenvalue weighted by Gasteiger charge is 2.35. The number of carbonyl (C=O) groups excluding carboxylic acids is 2. The fraction of sp³-hybridized carbons (Fsp3) is 0.364. The summed E-state index contributed by atoms with van der Waals surface area (Å²) in [5.41, 5.74) is 1.38. The molecule has 0 bridgehead atoms. The molecule has 0 heterocycles. The van der Waals surface area contributed by atoms with Gasteiger partial charge in [-0.15, -0.1) is 0 Å². The molecule has 0 saturated heterocycles. The molecule has 136 valence electrons. The van der Waals surface area contributed by atoms with E-state index in [9.17, 15) is 9.59 Å². The molecule has 1 saturated carbocycles. The average Bonchev–Trinajstić information content (AvgIpc) is 2.73. The summed E-state index contributed by atoms with van der Waals surface area (Å²) in [6.07, 6.45) is 4.01. The minimum atomic E-state index is 0.0167. The van der Waals surface area contributed by atoms with Crippen LogP contribution in [0.4, 0.5) is 0 Å². The molecule has 2 amide bonds. The molecule has 0 aromatic heterocycles. The first kappa shape index (κ1) is 18.2. The van der Waals surface area contributed by atoms with Crippen molar-refractivity contribution in [2.45, 2.75) is 37.8 Å². The first-order chi connectivity index (χ1) is 12.6. The van der Waals surface area contributed by atoms with E-state index in [-0.39, 0.29) is 23.9 Å². The van der Waals surface area contributed by atoms with Crippen LogP contribution in [0.5, 0.6) is 0 Å². The third-order valence-corrected chi connectivity index (χ3v) is 5.37. The van der Waals surface area contributed by atoms with Gasteiger partial charge < -0.3 is 9.80 Å². The number of amides is 2. The topological polar surface area (TPSA) is 40.6 Å². The Balaban J connectivity index is 1.79. The second-order valence-electron chi connectivity index (χ2n) is 6.98. The Bertz CT molecular complexity index is 680. The number of likely N-dealkylation sites (N-methyl/N-ethyl adjacent to an activating group) is 2. The van der Waals surface area contributed by atoms with E-state index in [1.165, 1.54) is 0 Å². The van der Waals surface area contributed by atoms with Gasteiger partial charge in [-0.3, -0.25) is 9.59 Å². The molecule has 2 aromatic carbocycles. The summed E-state index contributed by atoms with van der Waals surface area (Å²) in [6.45, 7) is 0. The van der Waals surface area contributed by atoms with Crippen LogP contribution >= 0.6 is 0 Å². The zero-order chi connectivity index (χ0) is 18.5. The smallest absolute Gasteiger partial charge is 0.253 e. The summed E-state index contributed by atoms with van der Waals surface area (Å²) < 4.78 is 0. The minimum absolute atomic E-state index is 0.0167. The second kappa shape index (κ2) is 8.17. The highest BCUT2D eigenvalue weighted by molar-refractivity contribution is 5.95. The lowest BCUT2D eigenvalue weighted by molar-refractivity contribution is 0.0421. The lowest BCUT2D eigenvalue weighted by atomic mass is 9.87. The molecular weight excluding hydrogens is 324 g/mol. The van der Waals surface area contributed by atoms with Crippen LogP contribution in [0.1, 0.15) is 46.4 Å². The zero-order valence-corrected chi connectivity index (χ0v) is 15.5. The van der Waals surface area contributed by atoms with E-state index in [1.54, 1.807) is 0 Å². The highest BCUT2D eigenvalue weighted by atomic mass is 16.2. The van der Waals surface area contributed by atoms with Crippen LogP contribution in [0.25, 0.3) is 0 Å². The van der Waals surface area contributed by atoms with Crippen molar-refractivity contribution in [2.24, 2.45) is 0 Å². The van der Waals surface area contributed by atoms with Crippen molar-refractivity contribution in [1.82, 2.24) is 9.80 Å². The molecule has 0 aliphatic heterocycles. The molecule has 2 atom stereocenters. The van der Waals surface area contributed by atoms with Crippen molar-refractivity contribution in [3.05, 3.63) is 71.8 Å². The van der Waals surface area contributed by atoms with Crippen LogP contribution in [0.3, 0.4) is 0 Å². The van der Waals surface area contributed by atoms with Gasteiger partial charge in [-0.1, -0.05) is 49.2 Å². The largest absolute Gasteiger partial charge is 0.337 e. The molecule has 0 N–H and O–H groups in total. The molecule has 26 heavy (non-hydrogen) atoms. The fourth-order valence-electron chi connectivity index (χ4n) is 3.87. The van der Waals surface area contributed by atoms with Crippen LogP contribution in [-0.4, -0.2) is 47.8 Å². The summed E-state index contributed by atoms with van der Waals surface area (Å²) in [5, 5.41) is 0.